The van der Waals surface area contributed by atoms with Crippen molar-refractivity contribution in [1.29, 1.82) is 0 Å². The molecule has 4 heteroatoms. The number of hydrogen-bond donors (Lipinski definition) is 0. The lowest BCUT2D eigenvalue weighted by Gasteiger charge is -2.33. The van der Waals surface area contributed by atoms with E-state index in [1.807, 2.05) is 17.2 Å². The number of aromatic nitrogens is 1. The van der Waals surface area contributed by atoms with Crippen LogP contribution in [0.15, 0.2) is 36.5 Å². The second kappa shape index (κ2) is 8.20. The van der Waals surface area contributed by atoms with Gasteiger partial charge in [0.05, 0.1) is 0 Å². The van der Waals surface area contributed by atoms with Gasteiger partial charge in [-0.3, -0.25) is 14.6 Å². The van der Waals surface area contributed by atoms with E-state index in [0.717, 1.165) is 62.7 Å². The van der Waals surface area contributed by atoms with Gasteiger partial charge < -0.3 is 4.90 Å². The van der Waals surface area contributed by atoms with Gasteiger partial charge in [0.2, 0.25) is 5.91 Å². The lowest BCUT2D eigenvalue weighted by Crippen LogP contribution is -2.39. The fraction of sp³-hybridized carbons (Fsp3) is 0.522. The van der Waals surface area contributed by atoms with Gasteiger partial charge in [0, 0.05) is 55.0 Å². The van der Waals surface area contributed by atoms with Crippen molar-refractivity contribution in [3.05, 3.63) is 42.2 Å². The van der Waals surface area contributed by atoms with Crippen molar-refractivity contribution in [2.24, 2.45) is 5.92 Å². The van der Waals surface area contributed by atoms with Crippen LogP contribution in [0.3, 0.4) is 0 Å². The Labute approximate surface area is 161 Å². The van der Waals surface area contributed by atoms with Crippen LogP contribution < -0.4 is 0 Å². The zero-order valence-corrected chi connectivity index (χ0v) is 15.9. The second-order valence-corrected chi connectivity index (χ2v) is 8.08. The number of pyridine rings is 1. The summed E-state index contributed by atoms with van der Waals surface area (Å²) in [5.41, 5.74) is 1.09. The largest absolute Gasteiger partial charge is 0.342 e. The predicted octanol–water partition coefficient (Wildman–Crippen LogP) is 4.48. The number of rotatable bonds is 4. The average molecular weight is 364 g/mol. The topological polar surface area (TPSA) is 50.3 Å². The molecule has 4 nitrogen and oxygen atoms in total. The Hall–Kier alpha value is -2.23. The van der Waals surface area contributed by atoms with E-state index >= 15 is 0 Å². The Bertz CT molecular complexity index is 832. The van der Waals surface area contributed by atoms with Gasteiger partial charge in [0.15, 0.2) is 0 Å². The van der Waals surface area contributed by atoms with Gasteiger partial charge in [0.25, 0.3) is 0 Å². The Morgan fingerprint density at radius 3 is 2.81 bits per heavy atom. The molecule has 1 aromatic heterocycles. The molecule has 1 aliphatic carbocycles. The van der Waals surface area contributed by atoms with Crippen LogP contribution in [0.5, 0.6) is 0 Å². The quantitative estimate of drug-likeness (QED) is 0.804. The first kappa shape index (κ1) is 18.1. The van der Waals surface area contributed by atoms with Crippen LogP contribution in [-0.4, -0.2) is 34.7 Å². The molecule has 1 aliphatic heterocycles. The minimum Gasteiger partial charge on any atom is -0.342 e. The molecule has 0 unspecified atom stereocenters. The normalized spacial score (nSPS) is 23.6. The highest BCUT2D eigenvalue weighted by Crippen LogP contribution is 2.29. The number of amides is 1. The summed E-state index contributed by atoms with van der Waals surface area (Å²) in [4.78, 5) is 31.4. The Morgan fingerprint density at radius 2 is 1.96 bits per heavy atom. The van der Waals surface area contributed by atoms with Crippen molar-refractivity contribution in [1.82, 2.24) is 9.88 Å². The third kappa shape index (κ3) is 4.20. The van der Waals surface area contributed by atoms with Crippen molar-refractivity contribution >= 4 is 22.5 Å². The third-order valence-corrected chi connectivity index (χ3v) is 6.23. The molecule has 2 aromatic rings. The van der Waals surface area contributed by atoms with E-state index in [9.17, 15) is 9.59 Å². The zero-order valence-electron chi connectivity index (χ0n) is 15.9. The standard InChI is InChI=1S/C23H28N2O2/c26-22-10-4-3-6-17(22)11-12-23(27)25-13-5-9-20(16-25)21-14-18-7-1-2-8-19(18)15-24-21/h1-2,7-8,14-15,17,20H,3-6,9-13,16H2/t17-,20+/m0/s1. The molecule has 1 saturated carbocycles. The average Bonchev–Trinajstić information content (AvgIpc) is 2.72. The van der Waals surface area contributed by atoms with E-state index in [2.05, 4.69) is 29.2 Å². The van der Waals surface area contributed by atoms with Crippen molar-refractivity contribution < 1.29 is 9.59 Å². The molecular weight excluding hydrogens is 336 g/mol. The van der Waals surface area contributed by atoms with E-state index in [1.165, 1.54) is 5.39 Å². The van der Waals surface area contributed by atoms with Crippen LogP contribution in [0, 0.1) is 5.92 Å². The molecule has 1 saturated heterocycles. The molecule has 1 amide bonds. The maximum absolute atomic E-state index is 12.7. The molecule has 2 aliphatic rings. The van der Waals surface area contributed by atoms with Crippen LogP contribution in [0.1, 0.15) is 63.0 Å². The Kier molecular flexibility index (Phi) is 5.51. The van der Waals surface area contributed by atoms with Gasteiger partial charge >= 0.3 is 0 Å². The molecule has 1 aromatic carbocycles. The zero-order chi connectivity index (χ0) is 18.6. The molecule has 0 radical (unpaired) electrons. The Morgan fingerprint density at radius 1 is 1.11 bits per heavy atom. The molecule has 0 spiro atoms. The highest BCUT2D eigenvalue weighted by molar-refractivity contribution is 5.83. The maximum Gasteiger partial charge on any atom is 0.222 e. The highest BCUT2D eigenvalue weighted by atomic mass is 16.2. The van der Waals surface area contributed by atoms with E-state index in [-0.39, 0.29) is 11.8 Å². The molecular formula is C23H28N2O2. The number of carbonyl (C=O) groups excluding carboxylic acids is 2. The number of piperidine rings is 1. The first-order chi connectivity index (χ1) is 13.2. The molecule has 0 bridgehead atoms. The summed E-state index contributed by atoms with van der Waals surface area (Å²) >= 11 is 0. The summed E-state index contributed by atoms with van der Waals surface area (Å²) < 4.78 is 0. The lowest BCUT2D eigenvalue weighted by molar-refractivity contribution is -0.133. The summed E-state index contributed by atoms with van der Waals surface area (Å²) in [5.74, 6) is 0.999. The highest BCUT2D eigenvalue weighted by Gasteiger charge is 2.27. The smallest absolute Gasteiger partial charge is 0.222 e. The molecule has 2 atom stereocenters. The number of nitrogens with zero attached hydrogens (tertiary/aromatic N) is 2. The van der Waals surface area contributed by atoms with E-state index in [4.69, 9.17) is 0 Å². The van der Waals surface area contributed by atoms with Crippen molar-refractivity contribution in [3.8, 4) is 0 Å². The minimum absolute atomic E-state index is 0.116. The minimum atomic E-state index is 0.116. The van der Waals surface area contributed by atoms with Gasteiger partial charge in [0.1, 0.15) is 5.78 Å². The first-order valence-electron chi connectivity index (χ1n) is 10.4. The second-order valence-electron chi connectivity index (χ2n) is 8.08. The third-order valence-electron chi connectivity index (χ3n) is 6.23. The van der Waals surface area contributed by atoms with Crippen LogP contribution in [0.4, 0.5) is 0 Å². The van der Waals surface area contributed by atoms with Crippen molar-refractivity contribution in [2.45, 2.75) is 57.3 Å². The van der Waals surface area contributed by atoms with Crippen molar-refractivity contribution in [2.75, 3.05) is 13.1 Å². The number of likely N-dealkylation sites (tertiary alicyclic amines) is 1. The molecule has 27 heavy (non-hydrogen) atoms. The van der Waals surface area contributed by atoms with Crippen LogP contribution in [-0.2, 0) is 9.59 Å². The number of Topliss-reactive ketones (excluding diaryl/α,β-unsaturated/α-hetero) is 1. The number of carbonyl (C=O) groups is 2. The lowest BCUT2D eigenvalue weighted by atomic mass is 9.84. The van der Waals surface area contributed by atoms with E-state index in [0.29, 0.717) is 24.5 Å². The molecule has 2 fully saturated rings. The monoisotopic (exact) mass is 364 g/mol. The van der Waals surface area contributed by atoms with Crippen LogP contribution in [0.2, 0.25) is 0 Å². The van der Waals surface area contributed by atoms with E-state index < -0.39 is 0 Å². The fourth-order valence-corrected chi connectivity index (χ4v) is 4.59. The number of ketones is 1. The molecule has 4 rings (SSSR count). The van der Waals surface area contributed by atoms with Gasteiger partial charge in [-0.25, -0.2) is 0 Å². The molecule has 142 valence electrons. The maximum atomic E-state index is 12.7. The van der Waals surface area contributed by atoms with E-state index in [1.54, 1.807) is 0 Å². The van der Waals surface area contributed by atoms with Crippen molar-refractivity contribution in [3.63, 3.8) is 0 Å². The summed E-state index contributed by atoms with van der Waals surface area (Å²) in [6.07, 6.45) is 9.11. The predicted molar refractivity (Wildman–Crippen MR) is 106 cm³/mol. The van der Waals surface area contributed by atoms with Crippen LogP contribution >= 0.6 is 0 Å². The number of hydrogen-bond acceptors (Lipinski definition) is 3. The Balaban J connectivity index is 1.38. The fourth-order valence-electron chi connectivity index (χ4n) is 4.59. The summed E-state index contributed by atoms with van der Waals surface area (Å²) in [6.45, 7) is 1.59. The first-order valence-corrected chi connectivity index (χ1v) is 10.4. The molecule has 2 heterocycles. The van der Waals surface area contributed by atoms with Gasteiger partial charge in [-0.2, -0.15) is 0 Å². The van der Waals surface area contributed by atoms with Gasteiger partial charge in [-0.15, -0.1) is 0 Å². The summed E-state index contributed by atoms with van der Waals surface area (Å²) in [7, 11) is 0. The number of fused-ring (bicyclic) bond motifs is 1. The van der Waals surface area contributed by atoms with Gasteiger partial charge in [-0.1, -0.05) is 30.7 Å². The molecule has 0 N–H and O–H groups in total. The summed E-state index contributed by atoms with van der Waals surface area (Å²) in [6, 6.07) is 10.5. The number of benzene rings is 1. The van der Waals surface area contributed by atoms with Gasteiger partial charge in [-0.05, 0) is 43.6 Å². The van der Waals surface area contributed by atoms with Crippen LogP contribution in [0.25, 0.3) is 10.8 Å². The summed E-state index contributed by atoms with van der Waals surface area (Å²) in [5, 5.41) is 2.36. The SMILES string of the molecule is O=C1CCCC[C@H]1CCC(=O)N1CCC[C@@H](c2cc3ccccc3cn2)C1.